The van der Waals surface area contributed by atoms with Gasteiger partial charge in [-0.1, -0.05) is 11.3 Å². The number of primary amides is 1. The van der Waals surface area contributed by atoms with Gasteiger partial charge in [0.05, 0.1) is 21.0 Å². The number of carbonyl (C=O) groups is 2. The second-order valence-electron chi connectivity index (χ2n) is 6.70. The number of amides is 2. The molecule has 1 aliphatic carbocycles. The van der Waals surface area contributed by atoms with Gasteiger partial charge in [-0.05, 0) is 54.6 Å². The minimum atomic E-state index is -0.453. The van der Waals surface area contributed by atoms with Gasteiger partial charge in [0.1, 0.15) is 11.4 Å². The molecule has 0 aromatic carbocycles. The number of rotatable bonds is 4. The Hall–Kier alpha value is -2.78. The average molecular weight is 415 g/mol. The van der Waals surface area contributed by atoms with Gasteiger partial charge in [0.2, 0.25) is 0 Å². The standard InChI is InChI=1S/C19H18N4O3S2/c1-9-13(7-6-12(22-9)18(25)23(2)3)26-19-14-11(16(27-19)17(20)24)5-4-10-8-21-28-15(10)14/h6-8H,4-5H2,1-3H3,(H2,20,24). The zero-order valence-electron chi connectivity index (χ0n) is 15.6. The normalized spacial score (nSPS) is 12.2. The van der Waals surface area contributed by atoms with Gasteiger partial charge in [0.15, 0.2) is 5.06 Å². The third-order valence-corrected chi connectivity index (χ3v) is 6.56. The lowest BCUT2D eigenvalue weighted by Crippen LogP contribution is -2.22. The van der Waals surface area contributed by atoms with Gasteiger partial charge in [0.25, 0.3) is 11.8 Å². The molecule has 7 nitrogen and oxygen atoms in total. The van der Waals surface area contributed by atoms with Gasteiger partial charge in [-0.2, -0.15) is 0 Å². The van der Waals surface area contributed by atoms with Crippen molar-refractivity contribution in [3.63, 3.8) is 0 Å². The summed E-state index contributed by atoms with van der Waals surface area (Å²) >= 11 is 2.64. The molecule has 0 bridgehead atoms. The zero-order valence-corrected chi connectivity index (χ0v) is 17.2. The highest BCUT2D eigenvalue weighted by Crippen LogP contribution is 2.50. The summed E-state index contributed by atoms with van der Waals surface area (Å²) in [4.78, 5) is 31.4. The molecule has 0 saturated heterocycles. The summed E-state index contributed by atoms with van der Waals surface area (Å²) in [5.74, 6) is -0.0914. The van der Waals surface area contributed by atoms with Crippen molar-refractivity contribution < 1.29 is 14.3 Å². The Morgan fingerprint density at radius 1 is 1.25 bits per heavy atom. The Kier molecular flexibility index (Phi) is 4.64. The lowest BCUT2D eigenvalue weighted by molar-refractivity contribution is 0.0821. The van der Waals surface area contributed by atoms with Crippen molar-refractivity contribution in [3.8, 4) is 21.3 Å². The molecule has 0 saturated carbocycles. The van der Waals surface area contributed by atoms with E-state index in [-0.39, 0.29) is 5.91 Å². The molecule has 9 heteroatoms. The van der Waals surface area contributed by atoms with Crippen LogP contribution in [0.25, 0.3) is 10.4 Å². The van der Waals surface area contributed by atoms with Crippen LogP contribution in [-0.2, 0) is 12.8 Å². The minimum absolute atomic E-state index is 0.173. The van der Waals surface area contributed by atoms with E-state index in [4.69, 9.17) is 10.5 Å². The molecule has 0 spiro atoms. The van der Waals surface area contributed by atoms with Crippen LogP contribution in [0.1, 0.15) is 37.0 Å². The fourth-order valence-electron chi connectivity index (χ4n) is 3.19. The summed E-state index contributed by atoms with van der Waals surface area (Å²) in [7, 11) is 3.36. The molecule has 0 fully saturated rings. The van der Waals surface area contributed by atoms with E-state index in [9.17, 15) is 9.59 Å². The third kappa shape index (κ3) is 3.06. The number of nitrogens with two attached hydrogens (primary N) is 1. The Bertz CT molecular complexity index is 1100. The Labute approximate surface area is 169 Å². The summed E-state index contributed by atoms with van der Waals surface area (Å²) in [5.41, 5.74) is 9.52. The van der Waals surface area contributed by atoms with Crippen molar-refractivity contribution in [2.45, 2.75) is 19.8 Å². The molecule has 0 unspecified atom stereocenters. The average Bonchev–Trinajstić information content (AvgIpc) is 3.26. The number of nitrogens with zero attached hydrogens (tertiary/aromatic N) is 3. The maximum atomic E-state index is 12.1. The van der Waals surface area contributed by atoms with Crippen molar-refractivity contribution in [1.29, 1.82) is 0 Å². The highest BCUT2D eigenvalue weighted by atomic mass is 32.1. The summed E-state index contributed by atoms with van der Waals surface area (Å²) in [5, 5.41) is 0.602. The van der Waals surface area contributed by atoms with Gasteiger partial charge in [-0.15, -0.1) is 0 Å². The molecular formula is C19H18N4O3S2. The molecule has 2 amide bonds. The van der Waals surface area contributed by atoms with Crippen LogP contribution >= 0.6 is 22.9 Å². The van der Waals surface area contributed by atoms with E-state index in [1.165, 1.54) is 27.8 Å². The molecule has 3 aromatic heterocycles. The SMILES string of the molecule is Cc1nc(C(=O)N(C)C)ccc1Oc1sc(C(N)=O)c2c1-c1sncc1CC2. The van der Waals surface area contributed by atoms with Gasteiger partial charge < -0.3 is 15.4 Å². The second-order valence-corrected chi connectivity index (χ2v) is 8.48. The number of carbonyl (C=O) groups excluding carboxylic acids is 2. The number of hydrogen-bond donors (Lipinski definition) is 1. The number of thiophene rings is 1. The number of aromatic nitrogens is 2. The Balaban J connectivity index is 1.76. The van der Waals surface area contributed by atoms with Gasteiger partial charge in [0, 0.05) is 20.3 Å². The molecule has 2 N–H and O–H groups in total. The number of aryl methyl sites for hydroxylation is 2. The van der Waals surface area contributed by atoms with Crippen LogP contribution in [0.3, 0.4) is 0 Å². The molecule has 0 aliphatic heterocycles. The first-order valence-corrected chi connectivity index (χ1v) is 10.2. The number of hydrogen-bond acceptors (Lipinski definition) is 7. The maximum absolute atomic E-state index is 12.1. The van der Waals surface area contributed by atoms with Crippen LogP contribution < -0.4 is 10.5 Å². The molecule has 0 atom stereocenters. The molecule has 3 heterocycles. The second kappa shape index (κ2) is 6.99. The lowest BCUT2D eigenvalue weighted by Gasteiger charge is -2.15. The summed E-state index contributed by atoms with van der Waals surface area (Å²) in [6, 6.07) is 3.36. The van der Waals surface area contributed by atoms with E-state index in [1.54, 1.807) is 33.2 Å². The van der Waals surface area contributed by atoms with Crippen molar-refractivity contribution in [2.75, 3.05) is 14.1 Å². The minimum Gasteiger partial charge on any atom is -0.444 e. The summed E-state index contributed by atoms with van der Waals surface area (Å²) in [6.45, 7) is 1.79. The van der Waals surface area contributed by atoms with Crippen LogP contribution in [0.15, 0.2) is 18.3 Å². The summed E-state index contributed by atoms with van der Waals surface area (Å²) < 4.78 is 10.5. The van der Waals surface area contributed by atoms with Crippen molar-refractivity contribution >= 4 is 34.7 Å². The molecule has 4 rings (SSSR count). The smallest absolute Gasteiger partial charge is 0.271 e. The Morgan fingerprint density at radius 3 is 2.71 bits per heavy atom. The van der Waals surface area contributed by atoms with Crippen LogP contribution in [-0.4, -0.2) is 40.2 Å². The number of pyridine rings is 1. The Morgan fingerprint density at radius 2 is 2.04 bits per heavy atom. The topological polar surface area (TPSA) is 98.4 Å². The van der Waals surface area contributed by atoms with Crippen LogP contribution in [0.2, 0.25) is 0 Å². The maximum Gasteiger partial charge on any atom is 0.271 e. The predicted octanol–water partition coefficient (Wildman–Crippen LogP) is 3.27. The van der Waals surface area contributed by atoms with Gasteiger partial charge >= 0.3 is 0 Å². The molecular weight excluding hydrogens is 396 g/mol. The first-order chi connectivity index (χ1) is 13.4. The van der Waals surface area contributed by atoms with Crippen molar-refractivity contribution in [2.24, 2.45) is 5.73 Å². The quantitative estimate of drug-likeness (QED) is 0.706. The molecule has 3 aromatic rings. The largest absolute Gasteiger partial charge is 0.444 e. The van der Waals surface area contributed by atoms with Crippen molar-refractivity contribution in [3.05, 3.63) is 45.7 Å². The number of fused-ring (bicyclic) bond motifs is 3. The third-order valence-electron chi connectivity index (χ3n) is 4.58. The van der Waals surface area contributed by atoms with E-state index in [1.807, 2.05) is 6.20 Å². The van der Waals surface area contributed by atoms with Crippen LogP contribution in [0.4, 0.5) is 0 Å². The monoisotopic (exact) mass is 414 g/mol. The first-order valence-electron chi connectivity index (χ1n) is 8.63. The molecule has 144 valence electrons. The van der Waals surface area contributed by atoms with E-state index in [2.05, 4.69) is 9.36 Å². The summed E-state index contributed by atoms with van der Waals surface area (Å²) in [6.07, 6.45) is 3.42. The van der Waals surface area contributed by atoms with E-state index in [0.717, 1.165) is 34.4 Å². The van der Waals surface area contributed by atoms with Crippen LogP contribution in [0, 0.1) is 6.92 Å². The van der Waals surface area contributed by atoms with Gasteiger partial charge in [-0.25, -0.2) is 9.36 Å². The van der Waals surface area contributed by atoms with E-state index >= 15 is 0 Å². The fourth-order valence-corrected chi connectivity index (χ4v) is 5.19. The van der Waals surface area contributed by atoms with E-state index < -0.39 is 5.91 Å². The molecule has 1 aliphatic rings. The number of ether oxygens (including phenoxy) is 1. The first kappa shape index (κ1) is 18.6. The molecule has 28 heavy (non-hydrogen) atoms. The predicted molar refractivity (Wildman–Crippen MR) is 108 cm³/mol. The highest BCUT2D eigenvalue weighted by Gasteiger charge is 2.30. The zero-order chi connectivity index (χ0) is 20.0. The van der Waals surface area contributed by atoms with Crippen molar-refractivity contribution in [1.82, 2.24) is 14.3 Å². The fraction of sp³-hybridized carbons (Fsp3) is 0.263. The van der Waals surface area contributed by atoms with E-state index in [0.29, 0.717) is 27.1 Å². The highest BCUT2D eigenvalue weighted by molar-refractivity contribution is 7.17. The van der Waals surface area contributed by atoms with Crippen LogP contribution in [0.5, 0.6) is 10.8 Å². The van der Waals surface area contributed by atoms with Gasteiger partial charge in [-0.3, -0.25) is 9.59 Å². The lowest BCUT2D eigenvalue weighted by atomic mass is 9.93. The molecule has 0 radical (unpaired) electrons.